The van der Waals surface area contributed by atoms with Crippen molar-refractivity contribution < 1.29 is 19.1 Å². The molecule has 0 bridgehead atoms. The molecule has 2 aromatic carbocycles. The van der Waals surface area contributed by atoms with Gasteiger partial charge in [0.2, 0.25) is 0 Å². The third-order valence-corrected chi connectivity index (χ3v) is 6.35. The molecular formula is C26H20ClN3O4S. The topological polar surface area (TPSA) is 87.8 Å². The Balaban J connectivity index is 1.57. The van der Waals surface area contributed by atoms with Crippen molar-refractivity contribution in [3.8, 4) is 17.1 Å². The Labute approximate surface area is 211 Å². The molecule has 2 aromatic heterocycles. The predicted octanol–water partition coefficient (Wildman–Crippen LogP) is 5.66. The number of phenols is 1. The van der Waals surface area contributed by atoms with Gasteiger partial charge in [0, 0.05) is 16.8 Å². The Morgan fingerprint density at radius 2 is 1.94 bits per heavy atom. The van der Waals surface area contributed by atoms with Gasteiger partial charge in [0.05, 0.1) is 30.1 Å². The number of hydrogen-bond acceptors (Lipinski definition) is 6. The number of aromatic nitrogens is 1. The lowest BCUT2D eigenvalue weighted by atomic mass is 10.0. The second-order valence-electron chi connectivity index (χ2n) is 7.90. The van der Waals surface area contributed by atoms with Crippen molar-refractivity contribution in [1.82, 2.24) is 10.3 Å². The van der Waals surface area contributed by atoms with Crippen molar-refractivity contribution in [2.75, 3.05) is 12.0 Å². The zero-order valence-electron chi connectivity index (χ0n) is 18.5. The van der Waals surface area contributed by atoms with E-state index in [1.165, 1.54) is 13.2 Å². The Morgan fingerprint density at radius 1 is 1.14 bits per heavy atom. The minimum Gasteiger partial charge on any atom is -0.506 e. The number of ether oxygens (including phenoxy) is 1. The van der Waals surface area contributed by atoms with Gasteiger partial charge in [0.25, 0.3) is 0 Å². The van der Waals surface area contributed by atoms with Crippen LogP contribution in [-0.4, -0.2) is 28.3 Å². The Bertz CT molecular complexity index is 1390. The van der Waals surface area contributed by atoms with Gasteiger partial charge in [-0.2, -0.15) is 0 Å². The molecule has 2 N–H and O–H groups in total. The largest absolute Gasteiger partial charge is 0.506 e. The molecule has 1 fully saturated rings. The van der Waals surface area contributed by atoms with Crippen LogP contribution >= 0.6 is 23.8 Å². The molecule has 1 saturated heterocycles. The average molecular weight is 506 g/mol. The van der Waals surface area contributed by atoms with E-state index >= 15 is 0 Å². The summed E-state index contributed by atoms with van der Waals surface area (Å²) in [5, 5.41) is 14.8. The fourth-order valence-electron chi connectivity index (χ4n) is 4.15. The first-order valence-corrected chi connectivity index (χ1v) is 11.5. The van der Waals surface area contributed by atoms with Gasteiger partial charge in [-0.25, -0.2) is 4.79 Å². The van der Waals surface area contributed by atoms with Crippen molar-refractivity contribution in [2.24, 2.45) is 0 Å². The average Bonchev–Trinajstić information content (AvgIpc) is 3.50. The Kier molecular flexibility index (Phi) is 6.15. The van der Waals surface area contributed by atoms with Crippen molar-refractivity contribution in [2.45, 2.75) is 12.1 Å². The minimum absolute atomic E-state index is 0.0374. The van der Waals surface area contributed by atoms with E-state index in [1.54, 1.807) is 47.5 Å². The maximum absolute atomic E-state index is 11.8. The van der Waals surface area contributed by atoms with Crippen LogP contribution in [0, 0.1) is 0 Å². The Hall–Kier alpha value is -3.88. The normalized spacial score (nSPS) is 17.3. The zero-order valence-corrected chi connectivity index (χ0v) is 20.1. The summed E-state index contributed by atoms with van der Waals surface area (Å²) < 4.78 is 11.1. The standard InChI is InChI=1S/C26H20ClN3O4S/c1-33-25(32)16-7-5-15(6-8-16)21-11-12-22(34-21)24-23(18-4-2-3-13-28-18)29-26(35)30(24)19-14-17(27)9-10-20(19)31/h2-14,23-24,31H,1H3,(H,29,35)/t23-,24-/m1/s1. The highest BCUT2D eigenvalue weighted by atomic mass is 35.5. The van der Waals surface area contributed by atoms with E-state index in [0.29, 0.717) is 32.9 Å². The molecule has 1 aliphatic rings. The second-order valence-corrected chi connectivity index (χ2v) is 8.72. The molecule has 3 heterocycles. The number of methoxy groups -OCH3 is 1. The molecule has 0 radical (unpaired) electrons. The number of nitrogens with one attached hydrogen (secondary N) is 1. The number of anilines is 1. The van der Waals surface area contributed by atoms with Crippen LogP contribution in [0.5, 0.6) is 5.75 Å². The third kappa shape index (κ3) is 4.34. The number of esters is 1. The second kappa shape index (κ2) is 9.40. The molecule has 0 amide bonds. The van der Waals surface area contributed by atoms with Gasteiger partial charge >= 0.3 is 5.97 Å². The summed E-state index contributed by atoms with van der Waals surface area (Å²) in [6.07, 6.45) is 1.72. The molecule has 0 spiro atoms. The number of furan rings is 1. The number of benzene rings is 2. The van der Waals surface area contributed by atoms with Crippen molar-refractivity contribution in [3.05, 3.63) is 101 Å². The number of hydrogen-bond donors (Lipinski definition) is 2. The van der Waals surface area contributed by atoms with Crippen LogP contribution in [0.3, 0.4) is 0 Å². The zero-order chi connectivity index (χ0) is 24.5. The number of thiocarbonyl (C=S) groups is 1. The number of carbonyl (C=O) groups is 1. The highest BCUT2D eigenvalue weighted by Gasteiger charge is 2.43. The molecule has 5 rings (SSSR count). The molecule has 0 aliphatic carbocycles. The predicted molar refractivity (Wildman–Crippen MR) is 137 cm³/mol. The molecule has 176 valence electrons. The van der Waals surface area contributed by atoms with Crippen molar-refractivity contribution in [1.29, 1.82) is 0 Å². The SMILES string of the molecule is COC(=O)c1ccc(-c2ccc([C@@H]3[C@@H](c4ccccn4)NC(=S)N3c3cc(Cl)ccc3O)o2)cc1. The third-order valence-electron chi connectivity index (χ3n) is 5.80. The van der Waals surface area contributed by atoms with Gasteiger partial charge in [0.15, 0.2) is 5.11 Å². The van der Waals surface area contributed by atoms with Crippen LogP contribution < -0.4 is 10.2 Å². The van der Waals surface area contributed by atoms with Crippen molar-refractivity contribution >= 4 is 40.6 Å². The van der Waals surface area contributed by atoms with Gasteiger partial charge < -0.3 is 24.5 Å². The Morgan fingerprint density at radius 3 is 2.66 bits per heavy atom. The molecule has 9 heteroatoms. The first-order valence-electron chi connectivity index (χ1n) is 10.7. The number of aromatic hydroxyl groups is 1. The fraction of sp³-hybridized carbons (Fsp3) is 0.115. The number of pyridine rings is 1. The molecule has 7 nitrogen and oxygen atoms in total. The van der Waals surface area contributed by atoms with E-state index in [9.17, 15) is 9.90 Å². The van der Waals surface area contributed by atoms with Gasteiger partial charge in [-0.1, -0.05) is 29.8 Å². The highest BCUT2D eigenvalue weighted by molar-refractivity contribution is 7.80. The highest BCUT2D eigenvalue weighted by Crippen LogP contribution is 2.45. The van der Waals surface area contributed by atoms with Crippen LogP contribution in [0.1, 0.15) is 33.9 Å². The molecule has 0 saturated carbocycles. The first-order chi connectivity index (χ1) is 17.0. The van der Waals surface area contributed by atoms with E-state index in [-0.39, 0.29) is 11.8 Å². The van der Waals surface area contributed by atoms with Gasteiger partial charge in [0.1, 0.15) is 23.3 Å². The smallest absolute Gasteiger partial charge is 0.337 e. The van der Waals surface area contributed by atoms with Crippen LogP contribution in [0.4, 0.5) is 5.69 Å². The summed E-state index contributed by atoms with van der Waals surface area (Å²) in [6.45, 7) is 0. The summed E-state index contributed by atoms with van der Waals surface area (Å²) in [5.74, 6) is 0.858. The maximum atomic E-state index is 11.8. The van der Waals surface area contributed by atoms with Gasteiger partial charge in [-0.15, -0.1) is 0 Å². The van der Waals surface area contributed by atoms with Crippen LogP contribution in [0.15, 0.2) is 83.4 Å². The summed E-state index contributed by atoms with van der Waals surface area (Å²) in [7, 11) is 1.34. The van der Waals surface area contributed by atoms with Crippen molar-refractivity contribution in [3.63, 3.8) is 0 Å². The molecule has 4 aromatic rings. The molecule has 2 atom stereocenters. The molecule has 35 heavy (non-hydrogen) atoms. The van der Waals surface area contributed by atoms with E-state index in [4.69, 9.17) is 33.0 Å². The first kappa shape index (κ1) is 22.9. The van der Waals surface area contributed by atoms with E-state index in [0.717, 1.165) is 11.3 Å². The summed E-state index contributed by atoms with van der Waals surface area (Å²) in [5.41, 5.74) is 2.47. The van der Waals surface area contributed by atoms with Crippen LogP contribution in [0.25, 0.3) is 11.3 Å². The minimum atomic E-state index is -0.454. The lowest BCUT2D eigenvalue weighted by molar-refractivity contribution is 0.0600. The lowest BCUT2D eigenvalue weighted by Crippen LogP contribution is -2.29. The molecular weight excluding hydrogens is 486 g/mol. The fourth-order valence-corrected chi connectivity index (χ4v) is 4.65. The van der Waals surface area contributed by atoms with E-state index < -0.39 is 12.0 Å². The molecule has 1 aliphatic heterocycles. The maximum Gasteiger partial charge on any atom is 0.337 e. The number of phenolic OH excluding ortho intramolecular Hbond substituents is 1. The molecule has 0 unspecified atom stereocenters. The van der Waals surface area contributed by atoms with Gasteiger partial charge in [-0.05, 0) is 66.8 Å². The summed E-state index contributed by atoms with van der Waals surface area (Å²) in [6, 6.07) is 20.3. The van der Waals surface area contributed by atoms with Gasteiger partial charge in [-0.3, -0.25) is 4.98 Å². The number of nitrogens with zero attached hydrogens (tertiary/aromatic N) is 2. The quantitative estimate of drug-likeness (QED) is 0.265. The monoisotopic (exact) mass is 505 g/mol. The van der Waals surface area contributed by atoms with Crippen LogP contribution in [-0.2, 0) is 4.74 Å². The lowest BCUT2D eigenvalue weighted by Gasteiger charge is -2.26. The summed E-state index contributed by atoms with van der Waals surface area (Å²) >= 11 is 11.9. The van der Waals surface area contributed by atoms with E-state index in [1.807, 2.05) is 30.3 Å². The summed E-state index contributed by atoms with van der Waals surface area (Å²) in [4.78, 5) is 18.1. The number of rotatable bonds is 5. The van der Waals surface area contributed by atoms with E-state index in [2.05, 4.69) is 10.3 Å². The number of carbonyl (C=O) groups excluding carboxylic acids is 1. The number of halogens is 1. The van der Waals surface area contributed by atoms with Crippen LogP contribution in [0.2, 0.25) is 5.02 Å².